The van der Waals surface area contributed by atoms with Gasteiger partial charge in [0, 0.05) is 36.5 Å². The number of rotatable bonds is 4. The van der Waals surface area contributed by atoms with Crippen LogP contribution in [0.15, 0.2) is 66.5 Å². The van der Waals surface area contributed by atoms with Crippen molar-refractivity contribution in [3.05, 3.63) is 77.6 Å². The number of hydrogen-bond acceptors (Lipinski definition) is 5. The number of hydrogen-bond donors (Lipinski definition) is 0. The largest absolute Gasteiger partial charge is 0.496 e. The van der Waals surface area contributed by atoms with Crippen LogP contribution in [0.4, 0.5) is 0 Å². The van der Waals surface area contributed by atoms with E-state index < -0.39 is 0 Å². The molecule has 0 bridgehead atoms. The second-order valence-electron chi connectivity index (χ2n) is 6.66. The van der Waals surface area contributed by atoms with Crippen LogP contribution in [-0.2, 0) is 0 Å². The summed E-state index contributed by atoms with van der Waals surface area (Å²) in [5, 5.41) is 0. The summed E-state index contributed by atoms with van der Waals surface area (Å²) in [5.74, 6) is 1.44. The SMILES string of the molecule is COc1cc(OC)c2c(c1)OCC/C(=C\c1ccc(-c3cccnc3)cc1)C2=O. The summed E-state index contributed by atoms with van der Waals surface area (Å²) in [7, 11) is 3.11. The number of carbonyl (C=O) groups excluding carboxylic acids is 1. The van der Waals surface area contributed by atoms with E-state index in [1.54, 1.807) is 25.4 Å². The Morgan fingerprint density at radius 2 is 1.86 bits per heavy atom. The third-order valence-corrected chi connectivity index (χ3v) is 4.89. The highest BCUT2D eigenvalue weighted by atomic mass is 16.5. The molecule has 2 heterocycles. The van der Waals surface area contributed by atoms with E-state index in [0.717, 1.165) is 16.7 Å². The molecule has 1 aliphatic rings. The Morgan fingerprint density at radius 3 is 2.55 bits per heavy atom. The maximum absolute atomic E-state index is 13.2. The highest BCUT2D eigenvalue weighted by Crippen LogP contribution is 2.38. The second-order valence-corrected chi connectivity index (χ2v) is 6.66. The summed E-state index contributed by atoms with van der Waals surface area (Å²) in [5.41, 5.74) is 4.20. The van der Waals surface area contributed by atoms with E-state index in [2.05, 4.69) is 4.98 Å². The van der Waals surface area contributed by atoms with Crippen LogP contribution in [0, 0.1) is 0 Å². The van der Waals surface area contributed by atoms with Crippen molar-refractivity contribution in [3.63, 3.8) is 0 Å². The minimum atomic E-state index is -0.0895. The number of fused-ring (bicyclic) bond motifs is 1. The van der Waals surface area contributed by atoms with Crippen molar-refractivity contribution < 1.29 is 19.0 Å². The van der Waals surface area contributed by atoms with Crippen LogP contribution in [0.2, 0.25) is 0 Å². The molecule has 5 heteroatoms. The van der Waals surface area contributed by atoms with Crippen LogP contribution in [-0.4, -0.2) is 31.6 Å². The Labute approximate surface area is 169 Å². The van der Waals surface area contributed by atoms with Gasteiger partial charge in [0.1, 0.15) is 22.8 Å². The van der Waals surface area contributed by atoms with Crippen molar-refractivity contribution in [2.75, 3.05) is 20.8 Å². The van der Waals surface area contributed by atoms with E-state index in [9.17, 15) is 4.79 Å². The van der Waals surface area contributed by atoms with Crippen molar-refractivity contribution in [1.82, 2.24) is 4.98 Å². The van der Waals surface area contributed by atoms with Gasteiger partial charge in [-0.3, -0.25) is 9.78 Å². The Bertz CT molecular complexity index is 1060. The maximum Gasteiger partial charge on any atom is 0.196 e. The van der Waals surface area contributed by atoms with E-state index in [1.807, 2.05) is 48.7 Å². The molecule has 0 spiro atoms. The number of Topliss-reactive ketones (excluding diaryl/α,β-unsaturated/α-hetero) is 1. The minimum Gasteiger partial charge on any atom is -0.496 e. The monoisotopic (exact) mass is 387 g/mol. The van der Waals surface area contributed by atoms with Crippen LogP contribution < -0.4 is 14.2 Å². The standard InChI is InChI=1S/C24H21NO4/c1-27-20-13-21(28-2)23-22(14-20)29-11-9-18(24(23)26)12-16-5-7-17(8-6-16)19-4-3-10-25-15-19/h3-8,10,12-15H,9,11H2,1-2H3/b18-12+. The van der Waals surface area contributed by atoms with Gasteiger partial charge in [-0.25, -0.2) is 0 Å². The topological polar surface area (TPSA) is 57.6 Å². The van der Waals surface area contributed by atoms with Gasteiger partial charge >= 0.3 is 0 Å². The first kappa shape index (κ1) is 18.7. The van der Waals surface area contributed by atoms with Gasteiger partial charge in [-0.1, -0.05) is 30.3 Å². The molecule has 0 saturated carbocycles. The lowest BCUT2D eigenvalue weighted by molar-refractivity contribution is 0.103. The molecule has 146 valence electrons. The summed E-state index contributed by atoms with van der Waals surface area (Å²) in [6.07, 6.45) is 6.02. The zero-order valence-electron chi connectivity index (χ0n) is 16.3. The summed E-state index contributed by atoms with van der Waals surface area (Å²) in [4.78, 5) is 17.4. The van der Waals surface area contributed by atoms with Gasteiger partial charge in [0.25, 0.3) is 0 Å². The first-order valence-electron chi connectivity index (χ1n) is 9.34. The molecule has 3 aromatic rings. The molecule has 1 aliphatic heterocycles. The Kier molecular flexibility index (Phi) is 5.29. The first-order valence-corrected chi connectivity index (χ1v) is 9.34. The fourth-order valence-electron chi connectivity index (χ4n) is 3.37. The molecule has 29 heavy (non-hydrogen) atoms. The zero-order chi connectivity index (χ0) is 20.2. The van der Waals surface area contributed by atoms with Gasteiger partial charge in [-0.05, 0) is 28.8 Å². The molecule has 2 aromatic carbocycles. The first-order chi connectivity index (χ1) is 14.2. The second kappa shape index (κ2) is 8.19. The van der Waals surface area contributed by atoms with Crippen molar-refractivity contribution in [3.8, 4) is 28.4 Å². The Balaban J connectivity index is 1.67. The summed E-state index contributed by atoms with van der Waals surface area (Å²) in [6, 6.07) is 15.4. The average molecular weight is 387 g/mol. The molecule has 5 nitrogen and oxygen atoms in total. The molecule has 0 N–H and O–H groups in total. The molecule has 0 unspecified atom stereocenters. The van der Waals surface area contributed by atoms with E-state index in [0.29, 0.717) is 41.4 Å². The zero-order valence-corrected chi connectivity index (χ0v) is 16.3. The lowest BCUT2D eigenvalue weighted by Gasteiger charge is -2.12. The molecule has 0 atom stereocenters. The van der Waals surface area contributed by atoms with Crippen LogP contribution in [0.3, 0.4) is 0 Å². The van der Waals surface area contributed by atoms with Gasteiger partial charge < -0.3 is 14.2 Å². The van der Waals surface area contributed by atoms with Crippen molar-refractivity contribution in [2.24, 2.45) is 0 Å². The number of methoxy groups -OCH3 is 2. The summed E-state index contributed by atoms with van der Waals surface area (Å²) < 4.78 is 16.5. The Hall–Kier alpha value is -3.60. The molecule has 4 rings (SSSR count). The number of ether oxygens (including phenoxy) is 3. The van der Waals surface area contributed by atoms with Gasteiger partial charge in [0.15, 0.2) is 5.78 Å². The number of nitrogens with zero attached hydrogens (tertiary/aromatic N) is 1. The fourth-order valence-corrected chi connectivity index (χ4v) is 3.37. The third kappa shape index (κ3) is 3.85. The number of benzene rings is 2. The van der Waals surface area contributed by atoms with Gasteiger partial charge in [0.05, 0.1) is 20.8 Å². The normalized spacial score (nSPS) is 14.7. The number of ketones is 1. The lowest BCUT2D eigenvalue weighted by atomic mass is 9.97. The lowest BCUT2D eigenvalue weighted by Crippen LogP contribution is -2.05. The van der Waals surface area contributed by atoms with Crippen molar-refractivity contribution >= 4 is 11.9 Å². The van der Waals surface area contributed by atoms with E-state index >= 15 is 0 Å². The molecule has 0 radical (unpaired) electrons. The van der Waals surface area contributed by atoms with Gasteiger partial charge in [-0.15, -0.1) is 0 Å². The molecular formula is C24H21NO4. The number of aromatic nitrogens is 1. The van der Waals surface area contributed by atoms with Crippen LogP contribution in [0.5, 0.6) is 17.2 Å². The fraction of sp³-hybridized carbons (Fsp3) is 0.167. The number of pyridine rings is 1. The smallest absolute Gasteiger partial charge is 0.196 e. The molecule has 0 fully saturated rings. The predicted octanol–water partition coefficient (Wildman–Crippen LogP) is 4.81. The highest BCUT2D eigenvalue weighted by Gasteiger charge is 2.26. The summed E-state index contributed by atoms with van der Waals surface area (Å²) >= 11 is 0. The van der Waals surface area contributed by atoms with Gasteiger partial charge in [0.2, 0.25) is 0 Å². The van der Waals surface area contributed by atoms with E-state index in [1.165, 1.54) is 7.11 Å². The van der Waals surface area contributed by atoms with Crippen LogP contribution in [0.1, 0.15) is 22.3 Å². The molecule has 0 saturated heterocycles. The molecule has 0 amide bonds. The average Bonchev–Trinajstić information content (AvgIpc) is 2.93. The van der Waals surface area contributed by atoms with E-state index in [-0.39, 0.29) is 5.78 Å². The van der Waals surface area contributed by atoms with E-state index in [4.69, 9.17) is 14.2 Å². The number of carbonyl (C=O) groups is 1. The third-order valence-electron chi connectivity index (χ3n) is 4.89. The predicted molar refractivity (Wildman–Crippen MR) is 112 cm³/mol. The van der Waals surface area contributed by atoms with Gasteiger partial charge in [-0.2, -0.15) is 0 Å². The van der Waals surface area contributed by atoms with Crippen molar-refractivity contribution in [1.29, 1.82) is 0 Å². The maximum atomic E-state index is 13.2. The molecule has 1 aromatic heterocycles. The van der Waals surface area contributed by atoms with Crippen LogP contribution in [0.25, 0.3) is 17.2 Å². The summed E-state index contributed by atoms with van der Waals surface area (Å²) in [6.45, 7) is 0.411. The van der Waals surface area contributed by atoms with Crippen LogP contribution >= 0.6 is 0 Å². The quantitative estimate of drug-likeness (QED) is 0.601. The van der Waals surface area contributed by atoms with Crippen molar-refractivity contribution in [2.45, 2.75) is 6.42 Å². The highest BCUT2D eigenvalue weighted by molar-refractivity contribution is 6.15. The Morgan fingerprint density at radius 1 is 1.03 bits per heavy atom. The molecule has 0 aliphatic carbocycles. The minimum absolute atomic E-state index is 0.0895. The molecular weight excluding hydrogens is 366 g/mol.